The molecule has 9 heteroatoms. The highest BCUT2D eigenvalue weighted by atomic mass is 32.2. The van der Waals surface area contributed by atoms with Crippen LogP contribution in [0.4, 0.5) is 10.1 Å². The molecular weight excluding hydrogens is 493 g/mol. The number of carbonyl (C=O) groups is 2. The van der Waals surface area contributed by atoms with Crippen molar-refractivity contribution in [2.75, 3.05) is 11.4 Å². The predicted molar refractivity (Wildman–Crippen MR) is 140 cm³/mol. The van der Waals surface area contributed by atoms with Crippen LogP contribution in [0, 0.1) is 12.7 Å². The Hall–Kier alpha value is -3.56. The SMILES string of the molecule is Cc1ccc([C@H](C(=O)NC2CCCC2)N(C(=O)CNS(=O)(=O)c2ccccc2)c2ccccc2F)cc1. The molecule has 0 bridgehead atoms. The zero-order valence-corrected chi connectivity index (χ0v) is 21.4. The molecule has 0 spiro atoms. The molecule has 0 aliphatic heterocycles. The van der Waals surface area contributed by atoms with Crippen molar-refractivity contribution in [2.45, 2.75) is 49.6 Å². The highest BCUT2D eigenvalue weighted by Gasteiger charge is 2.35. The summed E-state index contributed by atoms with van der Waals surface area (Å²) in [6.45, 7) is 1.24. The van der Waals surface area contributed by atoms with Crippen LogP contribution in [0.5, 0.6) is 0 Å². The molecule has 2 N–H and O–H groups in total. The van der Waals surface area contributed by atoms with Crippen LogP contribution >= 0.6 is 0 Å². The number of sulfonamides is 1. The summed E-state index contributed by atoms with van der Waals surface area (Å²) in [6.07, 6.45) is 3.66. The first-order valence-corrected chi connectivity index (χ1v) is 13.7. The molecule has 0 saturated heterocycles. The van der Waals surface area contributed by atoms with Gasteiger partial charge in [0, 0.05) is 6.04 Å². The standard InChI is InChI=1S/C28H30FN3O4S/c1-20-15-17-21(18-16-20)27(28(34)31-22-9-5-6-10-22)32(25-14-8-7-13-24(25)29)26(33)19-30-37(35,36)23-11-3-2-4-12-23/h2-4,7-8,11-18,22,27,30H,5-6,9-10,19H2,1H3,(H,31,34)/t27-/m1/s1. The summed E-state index contributed by atoms with van der Waals surface area (Å²) >= 11 is 0. The van der Waals surface area contributed by atoms with Crippen molar-refractivity contribution in [3.8, 4) is 0 Å². The Kier molecular flexibility index (Phi) is 8.35. The number of carbonyl (C=O) groups excluding carboxylic acids is 2. The van der Waals surface area contributed by atoms with Crippen LogP contribution in [0.1, 0.15) is 42.9 Å². The number of hydrogen-bond donors (Lipinski definition) is 2. The van der Waals surface area contributed by atoms with E-state index in [1.165, 1.54) is 30.3 Å². The number of nitrogens with one attached hydrogen (secondary N) is 2. The molecule has 1 saturated carbocycles. The summed E-state index contributed by atoms with van der Waals surface area (Å²) < 4.78 is 42.9. The number of aryl methyl sites for hydroxylation is 1. The minimum absolute atomic E-state index is 0.00528. The smallest absolute Gasteiger partial charge is 0.248 e. The van der Waals surface area contributed by atoms with Crippen molar-refractivity contribution in [1.29, 1.82) is 0 Å². The summed E-state index contributed by atoms with van der Waals surface area (Å²) in [4.78, 5) is 28.4. The minimum Gasteiger partial charge on any atom is -0.351 e. The quantitative estimate of drug-likeness (QED) is 0.439. The Labute approximate surface area is 216 Å². The molecule has 0 heterocycles. The normalized spacial score (nSPS) is 14.8. The van der Waals surface area contributed by atoms with Crippen LogP contribution in [0.2, 0.25) is 0 Å². The van der Waals surface area contributed by atoms with Crippen LogP contribution in [-0.2, 0) is 19.6 Å². The second kappa shape index (κ2) is 11.7. The topological polar surface area (TPSA) is 95.6 Å². The van der Waals surface area contributed by atoms with E-state index in [9.17, 15) is 18.0 Å². The zero-order chi connectivity index (χ0) is 26.4. The molecule has 3 aromatic rings. The van der Waals surface area contributed by atoms with Crippen molar-refractivity contribution < 1.29 is 22.4 Å². The van der Waals surface area contributed by atoms with Crippen molar-refractivity contribution in [1.82, 2.24) is 10.0 Å². The van der Waals surface area contributed by atoms with Gasteiger partial charge >= 0.3 is 0 Å². The third-order valence-electron chi connectivity index (χ3n) is 6.45. The fraction of sp³-hybridized carbons (Fsp3) is 0.286. The molecule has 0 unspecified atom stereocenters. The first-order valence-electron chi connectivity index (χ1n) is 12.2. The lowest BCUT2D eigenvalue weighted by molar-refractivity contribution is -0.126. The van der Waals surface area contributed by atoms with E-state index in [1.807, 2.05) is 19.1 Å². The molecule has 7 nitrogen and oxygen atoms in total. The lowest BCUT2D eigenvalue weighted by atomic mass is 10.0. The molecule has 3 aromatic carbocycles. The number of hydrogen-bond acceptors (Lipinski definition) is 4. The molecule has 2 amide bonds. The summed E-state index contributed by atoms with van der Waals surface area (Å²) in [5.41, 5.74) is 1.33. The zero-order valence-electron chi connectivity index (χ0n) is 20.6. The number of halogens is 1. The van der Waals surface area contributed by atoms with Gasteiger partial charge < -0.3 is 5.32 Å². The van der Waals surface area contributed by atoms with Gasteiger partial charge in [-0.3, -0.25) is 14.5 Å². The van der Waals surface area contributed by atoms with E-state index < -0.39 is 40.2 Å². The van der Waals surface area contributed by atoms with Gasteiger partial charge in [-0.25, -0.2) is 17.5 Å². The number of nitrogens with zero attached hydrogens (tertiary/aromatic N) is 1. The lowest BCUT2D eigenvalue weighted by Crippen LogP contribution is -2.49. The van der Waals surface area contributed by atoms with Gasteiger partial charge in [-0.2, -0.15) is 0 Å². The summed E-state index contributed by atoms with van der Waals surface area (Å²) in [6, 6.07) is 19.1. The molecule has 0 radical (unpaired) electrons. The van der Waals surface area contributed by atoms with Gasteiger partial charge in [0.05, 0.1) is 17.1 Å². The highest BCUT2D eigenvalue weighted by molar-refractivity contribution is 7.89. The second-order valence-corrected chi connectivity index (χ2v) is 10.9. The molecule has 1 aliphatic rings. The first-order chi connectivity index (χ1) is 17.8. The van der Waals surface area contributed by atoms with Crippen molar-refractivity contribution in [3.05, 3.63) is 95.8 Å². The average Bonchev–Trinajstić information content (AvgIpc) is 3.41. The van der Waals surface area contributed by atoms with Crippen LogP contribution in [0.15, 0.2) is 83.8 Å². The van der Waals surface area contributed by atoms with E-state index in [-0.39, 0.29) is 16.6 Å². The molecule has 1 aliphatic carbocycles. The van der Waals surface area contributed by atoms with E-state index in [1.54, 1.807) is 36.4 Å². The van der Waals surface area contributed by atoms with E-state index in [0.717, 1.165) is 36.1 Å². The maximum absolute atomic E-state index is 15.1. The summed E-state index contributed by atoms with van der Waals surface area (Å²) in [5.74, 6) is -1.91. The average molecular weight is 524 g/mol. The number of anilines is 1. The van der Waals surface area contributed by atoms with Crippen molar-refractivity contribution >= 4 is 27.5 Å². The number of para-hydroxylation sites is 1. The van der Waals surface area contributed by atoms with Crippen molar-refractivity contribution in [3.63, 3.8) is 0 Å². The van der Waals surface area contributed by atoms with Crippen LogP contribution < -0.4 is 14.9 Å². The number of benzene rings is 3. The van der Waals surface area contributed by atoms with E-state index in [4.69, 9.17) is 0 Å². The molecule has 1 atom stereocenters. The maximum Gasteiger partial charge on any atom is 0.248 e. The fourth-order valence-electron chi connectivity index (χ4n) is 4.51. The molecule has 194 valence electrons. The van der Waals surface area contributed by atoms with Gasteiger partial charge in [0.15, 0.2) is 0 Å². The van der Waals surface area contributed by atoms with Gasteiger partial charge in [-0.1, -0.05) is 73.0 Å². The summed E-state index contributed by atoms with van der Waals surface area (Å²) in [5, 5.41) is 3.02. The van der Waals surface area contributed by atoms with Crippen LogP contribution in [-0.4, -0.2) is 32.8 Å². The molecular formula is C28H30FN3O4S. The number of rotatable bonds is 9. The van der Waals surface area contributed by atoms with Crippen LogP contribution in [0.3, 0.4) is 0 Å². The van der Waals surface area contributed by atoms with E-state index >= 15 is 4.39 Å². The lowest BCUT2D eigenvalue weighted by Gasteiger charge is -2.32. The van der Waals surface area contributed by atoms with Gasteiger partial charge in [0.25, 0.3) is 0 Å². The Balaban J connectivity index is 1.71. The Bertz CT molecular complexity index is 1340. The molecule has 4 rings (SSSR count). The van der Waals surface area contributed by atoms with Gasteiger partial charge in [0.1, 0.15) is 11.9 Å². The maximum atomic E-state index is 15.1. The van der Waals surface area contributed by atoms with Gasteiger partial charge in [-0.15, -0.1) is 0 Å². The fourth-order valence-corrected chi connectivity index (χ4v) is 5.50. The Morgan fingerprint density at radius 1 is 0.946 bits per heavy atom. The number of amides is 2. The monoisotopic (exact) mass is 523 g/mol. The Morgan fingerprint density at radius 3 is 2.22 bits per heavy atom. The largest absolute Gasteiger partial charge is 0.351 e. The van der Waals surface area contributed by atoms with E-state index in [0.29, 0.717) is 5.56 Å². The van der Waals surface area contributed by atoms with E-state index in [2.05, 4.69) is 10.0 Å². The Morgan fingerprint density at radius 2 is 1.57 bits per heavy atom. The third-order valence-corrected chi connectivity index (χ3v) is 7.87. The summed E-state index contributed by atoms with van der Waals surface area (Å²) in [7, 11) is -4.01. The van der Waals surface area contributed by atoms with Gasteiger partial charge in [-0.05, 0) is 49.6 Å². The molecule has 1 fully saturated rings. The minimum atomic E-state index is -4.01. The molecule has 0 aromatic heterocycles. The van der Waals surface area contributed by atoms with Crippen molar-refractivity contribution in [2.24, 2.45) is 0 Å². The first kappa shape index (κ1) is 26.5. The molecule has 37 heavy (non-hydrogen) atoms. The van der Waals surface area contributed by atoms with Crippen LogP contribution in [0.25, 0.3) is 0 Å². The predicted octanol–water partition coefficient (Wildman–Crippen LogP) is 4.25. The highest BCUT2D eigenvalue weighted by Crippen LogP contribution is 2.31. The third kappa shape index (κ3) is 6.42. The second-order valence-electron chi connectivity index (χ2n) is 9.16. The van der Waals surface area contributed by atoms with Gasteiger partial charge in [0.2, 0.25) is 21.8 Å².